The Labute approximate surface area is 149 Å². The number of nitrogens with one attached hydrogen (secondary N) is 1. The number of rotatable bonds is 6. The van der Waals surface area contributed by atoms with Crippen molar-refractivity contribution in [1.82, 2.24) is 24.6 Å². The van der Waals surface area contributed by atoms with Gasteiger partial charge in [0.2, 0.25) is 0 Å². The van der Waals surface area contributed by atoms with Crippen LogP contribution in [0.25, 0.3) is 0 Å². The van der Waals surface area contributed by atoms with Crippen molar-refractivity contribution < 1.29 is 9.53 Å². The van der Waals surface area contributed by atoms with Gasteiger partial charge in [-0.15, -0.1) is 5.10 Å². The van der Waals surface area contributed by atoms with E-state index in [4.69, 9.17) is 4.74 Å². The molecule has 0 aliphatic rings. The number of ether oxygens (including phenoxy) is 1. The minimum atomic E-state index is -0.173. The van der Waals surface area contributed by atoms with E-state index >= 15 is 0 Å². The SMILES string of the molecule is CCn1nnnc1COc1ccc(C(=O)Nc2c(C)nsc2C)cc1. The van der Waals surface area contributed by atoms with E-state index in [9.17, 15) is 4.79 Å². The molecule has 0 radical (unpaired) electrons. The Morgan fingerprint density at radius 2 is 2.04 bits per heavy atom. The van der Waals surface area contributed by atoms with Gasteiger partial charge < -0.3 is 10.1 Å². The molecule has 3 rings (SSSR count). The molecule has 8 nitrogen and oxygen atoms in total. The van der Waals surface area contributed by atoms with E-state index in [1.165, 1.54) is 11.5 Å². The summed E-state index contributed by atoms with van der Waals surface area (Å²) < 4.78 is 11.6. The standard InChI is InChI=1S/C16H18N6O2S/c1-4-22-14(18-20-21-22)9-24-13-7-5-12(6-8-13)16(23)17-15-10(2)19-25-11(15)3/h5-8H,4,9H2,1-3H3,(H,17,23). The third-order valence-corrected chi connectivity index (χ3v) is 4.51. The molecule has 0 bridgehead atoms. The van der Waals surface area contributed by atoms with Crippen LogP contribution in [0, 0.1) is 13.8 Å². The number of hydrogen-bond acceptors (Lipinski definition) is 7. The van der Waals surface area contributed by atoms with Crippen LogP contribution in [-0.4, -0.2) is 30.5 Å². The average Bonchev–Trinajstić information content (AvgIpc) is 3.21. The normalized spacial score (nSPS) is 10.7. The maximum Gasteiger partial charge on any atom is 0.255 e. The van der Waals surface area contributed by atoms with Crippen LogP contribution in [0.4, 0.5) is 5.69 Å². The van der Waals surface area contributed by atoms with Crippen LogP contribution in [0.2, 0.25) is 0 Å². The molecule has 0 unspecified atom stereocenters. The molecule has 9 heteroatoms. The van der Waals surface area contributed by atoms with Gasteiger partial charge in [-0.05, 0) is 67.0 Å². The van der Waals surface area contributed by atoms with Gasteiger partial charge in [-0.1, -0.05) is 0 Å². The molecule has 0 aliphatic heterocycles. The van der Waals surface area contributed by atoms with Crippen LogP contribution < -0.4 is 10.1 Å². The minimum absolute atomic E-state index is 0.173. The summed E-state index contributed by atoms with van der Waals surface area (Å²) in [4.78, 5) is 13.3. The minimum Gasteiger partial charge on any atom is -0.486 e. The molecule has 2 heterocycles. The van der Waals surface area contributed by atoms with Crippen LogP contribution >= 0.6 is 11.5 Å². The third kappa shape index (κ3) is 3.82. The lowest BCUT2D eigenvalue weighted by atomic mass is 10.2. The Bertz CT molecular complexity index is 852. The lowest BCUT2D eigenvalue weighted by Crippen LogP contribution is -2.12. The van der Waals surface area contributed by atoms with Crippen LogP contribution in [0.3, 0.4) is 0 Å². The number of tetrazole rings is 1. The van der Waals surface area contributed by atoms with Gasteiger partial charge in [0.15, 0.2) is 5.82 Å². The molecular formula is C16H18N6O2S. The smallest absolute Gasteiger partial charge is 0.255 e. The van der Waals surface area contributed by atoms with Gasteiger partial charge in [0, 0.05) is 17.0 Å². The number of aryl methyl sites for hydroxylation is 3. The van der Waals surface area contributed by atoms with Crippen molar-refractivity contribution in [2.75, 3.05) is 5.32 Å². The highest BCUT2D eigenvalue weighted by Gasteiger charge is 2.12. The maximum atomic E-state index is 12.4. The molecule has 0 saturated carbocycles. The number of amides is 1. The lowest BCUT2D eigenvalue weighted by molar-refractivity contribution is 0.102. The number of carbonyl (C=O) groups excluding carboxylic acids is 1. The highest BCUT2D eigenvalue weighted by atomic mass is 32.1. The zero-order valence-corrected chi connectivity index (χ0v) is 15.0. The van der Waals surface area contributed by atoms with Crippen molar-refractivity contribution >= 4 is 23.1 Å². The van der Waals surface area contributed by atoms with E-state index in [1.54, 1.807) is 28.9 Å². The summed E-state index contributed by atoms with van der Waals surface area (Å²) in [7, 11) is 0. The van der Waals surface area contributed by atoms with Gasteiger partial charge in [0.1, 0.15) is 12.4 Å². The molecule has 0 saturated heterocycles. The first-order chi connectivity index (χ1) is 12.1. The number of hydrogen-bond donors (Lipinski definition) is 1. The molecule has 3 aromatic rings. The zero-order valence-electron chi connectivity index (χ0n) is 14.2. The Kier molecular flexibility index (Phi) is 5.03. The number of aromatic nitrogens is 5. The van der Waals surface area contributed by atoms with Crippen LogP contribution in [0.15, 0.2) is 24.3 Å². The summed E-state index contributed by atoms with van der Waals surface area (Å²) in [6.45, 7) is 6.72. The van der Waals surface area contributed by atoms with Crippen molar-refractivity contribution in [1.29, 1.82) is 0 Å². The van der Waals surface area contributed by atoms with E-state index < -0.39 is 0 Å². The molecule has 0 fully saturated rings. The first-order valence-corrected chi connectivity index (χ1v) is 8.58. The second-order valence-corrected chi connectivity index (χ2v) is 6.35. The van der Waals surface area contributed by atoms with E-state index in [1.807, 2.05) is 20.8 Å². The number of nitrogens with zero attached hydrogens (tertiary/aromatic N) is 5. The predicted molar refractivity (Wildman–Crippen MR) is 93.8 cm³/mol. The fourth-order valence-electron chi connectivity index (χ4n) is 2.27. The molecule has 1 N–H and O–H groups in total. The Morgan fingerprint density at radius 3 is 2.68 bits per heavy atom. The zero-order chi connectivity index (χ0) is 17.8. The van der Waals surface area contributed by atoms with E-state index in [0.717, 1.165) is 16.3 Å². The topological polar surface area (TPSA) is 94.8 Å². The molecule has 2 aromatic heterocycles. The number of carbonyl (C=O) groups is 1. The van der Waals surface area contributed by atoms with Crippen LogP contribution in [0.5, 0.6) is 5.75 Å². The van der Waals surface area contributed by atoms with Gasteiger partial charge in [-0.25, -0.2) is 4.68 Å². The fraction of sp³-hybridized carbons (Fsp3) is 0.312. The molecule has 1 amide bonds. The molecule has 25 heavy (non-hydrogen) atoms. The summed E-state index contributed by atoms with van der Waals surface area (Å²) in [5, 5.41) is 14.3. The van der Waals surface area contributed by atoms with E-state index in [-0.39, 0.29) is 12.5 Å². The average molecular weight is 358 g/mol. The summed E-state index contributed by atoms with van der Waals surface area (Å²) >= 11 is 1.38. The van der Waals surface area contributed by atoms with Gasteiger partial charge >= 0.3 is 0 Å². The summed E-state index contributed by atoms with van der Waals surface area (Å²) in [6, 6.07) is 6.94. The first kappa shape index (κ1) is 17.0. The highest BCUT2D eigenvalue weighted by molar-refractivity contribution is 7.06. The fourth-order valence-corrected chi connectivity index (χ4v) is 2.93. The maximum absolute atomic E-state index is 12.4. The molecule has 0 aliphatic carbocycles. The Morgan fingerprint density at radius 1 is 1.28 bits per heavy atom. The molecule has 1 aromatic carbocycles. The van der Waals surface area contributed by atoms with Gasteiger partial charge in [-0.2, -0.15) is 4.37 Å². The Hall–Kier alpha value is -2.81. The molecule has 0 atom stereocenters. The van der Waals surface area contributed by atoms with Crippen molar-refractivity contribution in [3.05, 3.63) is 46.2 Å². The van der Waals surface area contributed by atoms with Gasteiger partial charge in [0.05, 0.1) is 11.4 Å². The van der Waals surface area contributed by atoms with Gasteiger partial charge in [0.25, 0.3) is 5.91 Å². The van der Waals surface area contributed by atoms with Crippen LogP contribution in [-0.2, 0) is 13.2 Å². The quantitative estimate of drug-likeness (QED) is 0.728. The summed E-state index contributed by atoms with van der Waals surface area (Å²) in [5.74, 6) is 1.12. The largest absolute Gasteiger partial charge is 0.486 e. The third-order valence-electron chi connectivity index (χ3n) is 3.66. The van der Waals surface area contributed by atoms with E-state index in [0.29, 0.717) is 23.7 Å². The second kappa shape index (κ2) is 7.39. The van der Waals surface area contributed by atoms with Crippen LogP contribution in [0.1, 0.15) is 33.7 Å². The number of anilines is 1. The summed E-state index contributed by atoms with van der Waals surface area (Å²) in [5.41, 5.74) is 2.15. The van der Waals surface area contributed by atoms with Gasteiger partial charge in [-0.3, -0.25) is 4.79 Å². The monoisotopic (exact) mass is 358 g/mol. The predicted octanol–water partition coefficient (Wildman–Crippen LogP) is 2.60. The first-order valence-electron chi connectivity index (χ1n) is 7.80. The molecular weight excluding hydrogens is 340 g/mol. The summed E-state index contributed by atoms with van der Waals surface area (Å²) in [6.07, 6.45) is 0. The van der Waals surface area contributed by atoms with E-state index in [2.05, 4.69) is 25.2 Å². The lowest BCUT2D eigenvalue weighted by Gasteiger charge is -2.08. The van der Waals surface area contributed by atoms with Crippen molar-refractivity contribution in [3.63, 3.8) is 0 Å². The number of benzene rings is 1. The van der Waals surface area contributed by atoms with Crippen molar-refractivity contribution in [2.24, 2.45) is 0 Å². The van der Waals surface area contributed by atoms with Crippen molar-refractivity contribution in [3.8, 4) is 5.75 Å². The second-order valence-electron chi connectivity index (χ2n) is 5.38. The highest BCUT2D eigenvalue weighted by Crippen LogP contribution is 2.24. The Balaban J connectivity index is 1.63. The molecule has 130 valence electrons. The molecule has 0 spiro atoms. The van der Waals surface area contributed by atoms with Crippen molar-refractivity contribution in [2.45, 2.75) is 33.9 Å².